The van der Waals surface area contributed by atoms with Crippen molar-refractivity contribution in [1.29, 1.82) is 0 Å². The molecule has 0 aromatic heterocycles. The van der Waals surface area contributed by atoms with Gasteiger partial charge in [0.25, 0.3) is 5.91 Å². The van der Waals surface area contributed by atoms with Crippen molar-refractivity contribution in [3.05, 3.63) is 105 Å². The van der Waals surface area contributed by atoms with Gasteiger partial charge >= 0.3 is 0 Å². The van der Waals surface area contributed by atoms with Crippen LogP contribution in [0.1, 0.15) is 39.0 Å². The normalized spacial score (nSPS) is 19.4. The Morgan fingerprint density at radius 1 is 1.00 bits per heavy atom. The molecular weight excluding hydrogens is 379 g/mol. The number of carbonyl (C=O) groups is 1. The summed E-state index contributed by atoms with van der Waals surface area (Å²) < 4.78 is 14.3. The molecule has 3 aromatic rings. The Kier molecular flexibility index (Phi) is 4.56. The van der Waals surface area contributed by atoms with Crippen LogP contribution in [0.4, 0.5) is 4.39 Å². The van der Waals surface area contributed by atoms with Crippen molar-refractivity contribution >= 4 is 11.6 Å². The quantitative estimate of drug-likeness (QED) is 0.628. The summed E-state index contributed by atoms with van der Waals surface area (Å²) in [7, 11) is 1.92. The maximum Gasteiger partial charge on any atom is 0.270 e. The van der Waals surface area contributed by atoms with Crippen LogP contribution in [-0.4, -0.2) is 13.0 Å². The summed E-state index contributed by atoms with van der Waals surface area (Å²) in [4.78, 5) is 17.3. The second-order valence-electron chi connectivity index (χ2n) is 7.58. The maximum atomic E-state index is 14.3. The van der Waals surface area contributed by atoms with E-state index in [0.717, 1.165) is 28.9 Å². The Labute approximate surface area is 173 Å². The van der Waals surface area contributed by atoms with Crippen LogP contribution in [0.2, 0.25) is 0 Å². The smallest absolute Gasteiger partial charge is 0.270 e. The molecule has 3 N–H and O–H groups in total. The first-order valence-electron chi connectivity index (χ1n) is 9.92. The number of hydrogen-bond acceptors (Lipinski definition) is 4. The topological polar surface area (TPSA) is 65.5 Å². The number of nitrogens with one attached hydrogen (secondary N) is 3. The molecule has 2 atom stereocenters. The molecule has 5 rings (SSSR count). The van der Waals surface area contributed by atoms with E-state index >= 15 is 0 Å². The minimum Gasteiger partial charge on any atom is -0.316 e. The van der Waals surface area contributed by atoms with E-state index in [4.69, 9.17) is 4.99 Å². The lowest BCUT2D eigenvalue weighted by Crippen LogP contribution is -2.54. The fourth-order valence-electron chi connectivity index (χ4n) is 4.39. The van der Waals surface area contributed by atoms with Crippen LogP contribution < -0.4 is 26.7 Å². The van der Waals surface area contributed by atoms with E-state index in [1.54, 1.807) is 0 Å². The molecule has 3 aromatic carbocycles. The van der Waals surface area contributed by atoms with Gasteiger partial charge in [0.2, 0.25) is 0 Å². The molecule has 6 heteroatoms. The van der Waals surface area contributed by atoms with E-state index in [9.17, 15) is 9.18 Å². The second kappa shape index (κ2) is 7.39. The third-order valence-corrected chi connectivity index (χ3v) is 5.64. The van der Waals surface area contributed by atoms with Crippen molar-refractivity contribution in [2.75, 3.05) is 7.05 Å². The SMILES string of the molecule is CNCc1cccc(C2C3=c4c(cc(F)cc4=NC2c2ccccc2)C(=O)NN3)c1. The Morgan fingerprint density at radius 2 is 1.80 bits per heavy atom. The van der Waals surface area contributed by atoms with Gasteiger partial charge in [-0.25, -0.2) is 4.39 Å². The lowest BCUT2D eigenvalue weighted by molar-refractivity contribution is 0.0934. The molecule has 2 unspecified atom stereocenters. The van der Waals surface area contributed by atoms with Gasteiger partial charge in [0.15, 0.2) is 0 Å². The molecule has 2 aliphatic heterocycles. The number of halogens is 1. The summed E-state index contributed by atoms with van der Waals surface area (Å²) in [5.41, 5.74) is 10.2. The molecule has 0 aliphatic carbocycles. The Morgan fingerprint density at radius 3 is 2.60 bits per heavy atom. The minimum atomic E-state index is -0.467. The first-order valence-corrected chi connectivity index (χ1v) is 9.92. The van der Waals surface area contributed by atoms with Crippen molar-refractivity contribution in [2.45, 2.75) is 18.5 Å². The van der Waals surface area contributed by atoms with Gasteiger partial charge in [-0.05, 0) is 35.9 Å². The third kappa shape index (κ3) is 3.06. The van der Waals surface area contributed by atoms with Gasteiger partial charge in [-0.1, -0.05) is 54.6 Å². The van der Waals surface area contributed by atoms with Gasteiger partial charge in [-0.2, -0.15) is 0 Å². The fraction of sp³-hybridized carbons (Fsp3) is 0.167. The summed E-state index contributed by atoms with van der Waals surface area (Å²) >= 11 is 0. The molecule has 0 bridgehead atoms. The molecule has 2 aliphatic rings. The van der Waals surface area contributed by atoms with Crippen molar-refractivity contribution in [3.8, 4) is 0 Å². The predicted molar refractivity (Wildman–Crippen MR) is 112 cm³/mol. The lowest BCUT2D eigenvalue weighted by Gasteiger charge is -2.33. The van der Waals surface area contributed by atoms with Crippen molar-refractivity contribution < 1.29 is 9.18 Å². The van der Waals surface area contributed by atoms with Crippen LogP contribution in [0.5, 0.6) is 0 Å². The van der Waals surface area contributed by atoms with Crippen LogP contribution in [0.25, 0.3) is 5.70 Å². The first kappa shape index (κ1) is 18.5. The molecule has 2 heterocycles. The molecule has 30 heavy (non-hydrogen) atoms. The van der Waals surface area contributed by atoms with Gasteiger partial charge in [0.05, 0.1) is 28.6 Å². The van der Waals surface area contributed by atoms with Crippen LogP contribution in [0, 0.1) is 5.82 Å². The highest BCUT2D eigenvalue weighted by Crippen LogP contribution is 2.40. The lowest BCUT2D eigenvalue weighted by atomic mass is 9.81. The van der Waals surface area contributed by atoms with E-state index < -0.39 is 5.82 Å². The predicted octanol–water partition coefficient (Wildman–Crippen LogP) is 2.06. The van der Waals surface area contributed by atoms with Crippen molar-refractivity contribution in [2.24, 2.45) is 4.99 Å². The van der Waals surface area contributed by atoms with Crippen LogP contribution in [0.15, 0.2) is 71.7 Å². The molecule has 0 saturated heterocycles. The average Bonchev–Trinajstić information content (AvgIpc) is 2.76. The van der Waals surface area contributed by atoms with Crippen LogP contribution in [0.3, 0.4) is 0 Å². The van der Waals surface area contributed by atoms with Gasteiger partial charge in [0, 0.05) is 11.8 Å². The summed E-state index contributed by atoms with van der Waals surface area (Å²) in [5.74, 6) is -0.975. The zero-order chi connectivity index (χ0) is 20.7. The fourth-order valence-corrected chi connectivity index (χ4v) is 4.39. The molecule has 5 nitrogen and oxygen atoms in total. The highest BCUT2D eigenvalue weighted by atomic mass is 19.1. The number of nitrogens with zero attached hydrogens (tertiary/aromatic N) is 1. The highest BCUT2D eigenvalue weighted by Gasteiger charge is 2.35. The molecule has 0 fully saturated rings. The van der Waals surface area contributed by atoms with Gasteiger partial charge in [-0.3, -0.25) is 15.2 Å². The number of carbonyl (C=O) groups excluding carboxylic acids is 1. The first-order chi connectivity index (χ1) is 14.7. The highest BCUT2D eigenvalue weighted by molar-refractivity contribution is 5.96. The van der Waals surface area contributed by atoms with E-state index in [1.165, 1.54) is 12.1 Å². The van der Waals surface area contributed by atoms with E-state index in [0.29, 0.717) is 16.1 Å². The summed E-state index contributed by atoms with van der Waals surface area (Å²) in [6.45, 7) is 0.750. The van der Waals surface area contributed by atoms with Crippen molar-refractivity contribution in [1.82, 2.24) is 16.2 Å². The summed E-state index contributed by atoms with van der Waals surface area (Å²) in [6, 6.07) is 20.8. The molecule has 150 valence electrons. The summed E-state index contributed by atoms with van der Waals surface area (Å²) in [5, 5.41) is 4.36. The summed E-state index contributed by atoms with van der Waals surface area (Å²) in [6.07, 6.45) is 0. The van der Waals surface area contributed by atoms with Gasteiger partial charge in [0.1, 0.15) is 5.82 Å². The Balaban J connectivity index is 1.80. The van der Waals surface area contributed by atoms with E-state index in [2.05, 4.69) is 34.4 Å². The number of benzene rings is 3. The zero-order valence-electron chi connectivity index (χ0n) is 16.4. The largest absolute Gasteiger partial charge is 0.316 e. The molecule has 0 saturated carbocycles. The molecule has 1 amide bonds. The Hall–Kier alpha value is -3.51. The maximum absolute atomic E-state index is 14.3. The third-order valence-electron chi connectivity index (χ3n) is 5.64. The van der Waals surface area contributed by atoms with Gasteiger partial charge < -0.3 is 10.7 Å². The number of hydrogen-bond donors (Lipinski definition) is 3. The van der Waals surface area contributed by atoms with E-state index in [1.807, 2.05) is 43.4 Å². The van der Waals surface area contributed by atoms with Gasteiger partial charge in [-0.15, -0.1) is 0 Å². The van der Waals surface area contributed by atoms with E-state index in [-0.39, 0.29) is 17.9 Å². The standard InChI is InChI=1S/C24H21FN4O/c1-26-13-14-6-5-9-16(10-14)20-22(15-7-3-2-4-8-15)27-19-12-17(25)11-18-21(19)23(20)28-29-24(18)30/h2-12,20,22,26,28H,13H2,1H3,(H,29,30). The Bertz CT molecular complexity index is 1260. The number of hydrazine groups is 1. The average molecular weight is 400 g/mol. The van der Waals surface area contributed by atoms with Crippen LogP contribution >= 0.6 is 0 Å². The minimum absolute atomic E-state index is 0.151. The number of amides is 1. The zero-order valence-corrected chi connectivity index (χ0v) is 16.4. The second-order valence-corrected chi connectivity index (χ2v) is 7.58. The van der Waals surface area contributed by atoms with Crippen molar-refractivity contribution in [3.63, 3.8) is 0 Å². The molecule has 0 radical (unpaired) electrons. The number of rotatable bonds is 4. The monoisotopic (exact) mass is 400 g/mol. The molecule has 0 spiro atoms. The molecular formula is C24H21FN4O. The van der Waals surface area contributed by atoms with Crippen LogP contribution in [-0.2, 0) is 6.54 Å².